The highest BCUT2D eigenvalue weighted by molar-refractivity contribution is 7.14. The summed E-state index contributed by atoms with van der Waals surface area (Å²) in [5.74, 6) is -0.519. The van der Waals surface area contributed by atoms with Gasteiger partial charge < -0.3 is 9.84 Å². The summed E-state index contributed by atoms with van der Waals surface area (Å²) in [6, 6.07) is 6.95. The Balaban J connectivity index is 2.02. The van der Waals surface area contributed by atoms with Crippen molar-refractivity contribution in [2.45, 2.75) is 19.4 Å². The molecule has 2 heterocycles. The summed E-state index contributed by atoms with van der Waals surface area (Å²) >= 11 is 1.45. The number of aliphatic carboxylic acids is 1. The van der Waals surface area contributed by atoms with E-state index in [2.05, 4.69) is 6.58 Å². The van der Waals surface area contributed by atoms with Gasteiger partial charge in [0.1, 0.15) is 12.4 Å². The molecule has 0 atom stereocenters. The van der Waals surface area contributed by atoms with Crippen molar-refractivity contribution in [1.82, 2.24) is 0 Å². The molecule has 22 heavy (non-hydrogen) atoms. The zero-order valence-electron chi connectivity index (χ0n) is 11.8. The van der Waals surface area contributed by atoms with E-state index in [4.69, 9.17) is 9.84 Å². The van der Waals surface area contributed by atoms with Gasteiger partial charge in [-0.15, -0.1) is 17.9 Å². The molecule has 1 aromatic carbocycles. The molecule has 1 aromatic heterocycles. The first-order valence-corrected chi connectivity index (χ1v) is 7.65. The van der Waals surface area contributed by atoms with E-state index in [0.29, 0.717) is 28.4 Å². The minimum Gasteiger partial charge on any atom is -0.488 e. The molecule has 1 aliphatic heterocycles. The average Bonchev–Trinajstić information content (AvgIpc) is 2.83. The second kappa shape index (κ2) is 5.77. The smallest absolute Gasteiger partial charge is 0.307 e. The maximum absolute atomic E-state index is 12.7. The lowest BCUT2D eigenvalue weighted by Crippen LogP contribution is -2.04. The van der Waals surface area contributed by atoms with Gasteiger partial charge >= 0.3 is 5.97 Å². The molecule has 0 spiro atoms. The van der Waals surface area contributed by atoms with Crippen LogP contribution in [-0.2, 0) is 24.2 Å². The number of ether oxygens (including phenoxy) is 1. The van der Waals surface area contributed by atoms with Crippen LogP contribution >= 0.6 is 11.3 Å². The summed E-state index contributed by atoms with van der Waals surface area (Å²) in [4.78, 5) is 25.3. The summed E-state index contributed by atoms with van der Waals surface area (Å²) < 4.78 is 5.71. The van der Waals surface area contributed by atoms with Crippen LogP contribution in [0.25, 0.3) is 0 Å². The molecule has 2 aromatic rings. The third kappa shape index (κ3) is 2.67. The van der Waals surface area contributed by atoms with E-state index in [1.165, 1.54) is 11.3 Å². The fourth-order valence-electron chi connectivity index (χ4n) is 2.47. The van der Waals surface area contributed by atoms with Gasteiger partial charge in [0.2, 0.25) is 5.78 Å². The second-order valence-corrected chi connectivity index (χ2v) is 6.22. The Morgan fingerprint density at radius 3 is 2.95 bits per heavy atom. The summed E-state index contributed by atoms with van der Waals surface area (Å²) in [5.41, 5.74) is 1.90. The van der Waals surface area contributed by atoms with Crippen LogP contribution in [0, 0.1) is 0 Å². The Hall–Kier alpha value is -2.40. The van der Waals surface area contributed by atoms with E-state index in [-0.39, 0.29) is 12.2 Å². The molecule has 0 unspecified atom stereocenters. The second-order valence-electron chi connectivity index (χ2n) is 5.08. The SMILES string of the molecule is C=CCc1cc2c(s1)C(=O)c1cc(CC(=O)O)ccc1OC2. The van der Waals surface area contributed by atoms with E-state index < -0.39 is 5.97 Å². The van der Waals surface area contributed by atoms with E-state index in [1.54, 1.807) is 24.3 Å². The number of carboxylic acids is 1. The van der Waals surface area contributed by atoms with Crippen molar-refractivity contribution in [2.75, 3.05) is 0 Å². The molecule has 0 bridgehead atoms. The van der Waals surface area contributed by atoms with Crippen LogP contribution < -0.4 is 4.74 Å². The highest BCUT2D eigenvalue weighted by Crippen LogP contribution is 2.34. The van der Waals surface area contributed by atoms with Crippen molar-refractivity contribution < 1.29 is 19.4 Å². The molecule has 1 N–H and O–H groups in total. The molecule has 5 heteroatoms. The van der Waals surface area contributed by atoms with Gasteiger partial charge in [-0.2, -0.15) is 0 Å². The minimum atomic E-state index is -0.924. The van der Waals surface area contributed by atoms with Gasteiger partial charge in [-0.05, 0) is 30.2 Å². The van der Waals surface area contributed by atoms with Crippen molar-refractivity contribution in [1.29, 1.82) is 0 Å². The molecule has 0 saturated carbocycles. The Morgan fingerprint density at radius 1 is 1.41 bits per heavy atom. The average molecular weight is 314 g/mol. The van der Waals surface area contributed by atoms with Crippen LogP contribution in [0.15, 0.2) is 36.9 Å². The maximum Gasteiger partial charge on any atom is 0.307 e. The number of fused-ring (bicyclic) bond motifs is 2. The topological polar surface area (TPSA) is 63.6 Å². The quantitative estimate of drug-likeness (QED) is 0.880. The number of rotatable bonds is 4. The molecule has 1 aliphatic rings. The first-order chi connectivity index (χ1) is 10.6. The standard InChI is InChI=1S/C17H14O4S/c1-2-3-12-8-11-9-21-14-5-4-10(7-15(18)19)6-13(14)16(20)17(11)22-12/h2,4-6,8H,1,3,7,9H2,(H,18,19). The molecule has 0 aliphatic carbocycles. The minimum absolute atomic E-state index is 0.102. The monoisotopic (exact) mass is 314 g/mol. The zero-order chi connectivity index (χ0) is 15.7. The molecule has 0 saturated heterocycles. The number of carbonyl (C=O) groups excluding carboxylic acids is 1. The van der Waals surface area contributed by atoms with E-state index >= 15 is 0 Å². The van der Waals surface area contributed by atoms with Crippen LogP contribution in [-0.4, -0.2) is 16.9 Å². The Bertz CT molecular complexity index is 773. The third-order valence-electron chi connectivity index (χ3n) is 3.44. The lowest BCUT2D eigenvalue weighted by atomic mass is 10.0. The van der Waals surface area contributed by atoms with Crippen molar-refractivity contribution in [3.8, 4) is 5.75 Å². The first-order valence-electron chi connectivity index (χ1n) is 6.83. The van der Waals surface area contributed by atoms with Crippen molar-refractivity contribution in [3.63, 3.8) is 0 Å². The van der Waals surface area contributed by atoms with Crippen LogP contribution in [0.3, 0.4) is 0 Å². The Morgan fingerprint density at radius 2 is 2.23 bits per heavy atom. The van der Waals surface area contributed by atoms with Crippen molar-refractivity contribution in [3.05, 3.63) is 63.4 Å². The van der Waals surface area contributed by atoms with E-state index in [9.17, 15) is 9.59 Å². The Labute approximate surface area is 131 Å². The molecular weight excluding hydrogens is 300 g/mol. The number of carboxylic acid groups (broad SMARTS) is 1. The lowest BCUT2D eigenvalue weighted by Gasteiger charge is -2.07. The van der Waals surface area contributed by atoms with E-state index in [0.717, 1.165) is 16.9 Å². The van der Waals surface area contributed by atoms with Crippen LogP contribution in [0.2, 0.25) is 0 Å². The molecule has 112 valence electrons. The summed E-state index contributed by atoms with van der Waals surface area (Å²) in [6.45, 7) is 4.06. The summed E-state index contributed by atoms with van der Waals surface area (Å²) in [5, 5.41) is 8.89. The van der Waals surface area contributed by atoms with E-state index in [1.807, 2.05) is 6.07 Å². The fourth-order valence-corrected chi connectivity index (χ4v) is 3.59. The van der Waals surface area contributed by atoms with Gasteiger partial charge in [0, 0.05) is 10.4 Å². The number of benzene rings is 1. The number of carbonyl (C=O) groups is 2. The van der Waals surface area contributed by atoms with Gasteiger partial charge in [-0.3, -0.25) is 9.59 Å². The Kier molecular flexibility index (Phi) is 3.81. The molecule has 3 rings (SSSR count). The summed E-state index contributed by atoms with van der Waals surface area (Å²) in [7, 11) is 0. The highest BCUT2D eigenvalue weighted by atomic mass is 32.1. The zero-order valence-corrected chi connectivity index (χ0v) is 12.6. The molecule has 0 fully saturated rings. The lowest BCUT2D eigenvalue weighted by molar-refractivity contribution is -0.136. The highest BCUT2D eigenvalue weighted by Gasteiger charge is 2.25. The predicted octanol–water partition coefficient (Wildman–Crippen LogP) is 3.23. The number of allylic oxidation sites excluding steroid dienone is 1. The van der Waals surface area contributed by atoms with Gasteiger partial charge in [-0.25, -0.2) is 0 Å². The van der Waals surface area contributed by atoms with Gasteiger partial charge in [0.05, 0.1) is 16.9 Å². The largest absolute Gasteiger partial charge is 0.488 e. The summed E-state index contributed by atoms with van der Waals surface area (Å²) in [6.07, 6.45) is 2.41. The number of hydrogen-bond acceptors (Lipinski definition) is 4. The van der Waals surface area contributed by atoms with Crippen LogP contribution in [0.1, 0.15) is 31.2 Å². The first kappa shape index (κ1) is 14.5. The molecule has 4 nitrogen and oxygen atoms in total. The maximum atomic E-state index is 12.7. The predicted molar refractivity (Wildman–Crippen MR) is 83.8 cm³/mol. The number of thiophene rings is 1. The van der Waals surface area contributed by atoms with Crippen molar-refractivity contribution in [2.24, 2.45) is 0 Å². The van der Waals surface area contributed by atoms with Crippen LogP contribution in [0.4, 0.5) is 0 Å². The molecule has 0 radical (unpaired) electrons. The third-order valence-corrected chi connectivity index (χ3v) is 4.64. The molecular formula is C17H14O4S. The van der Waals surface area contributed by atoms with Crippen LogP contribution in [0.5, 0.6) is 5.75 Å². The van der Waals surface area contributed by atoms with Gasteiger partial charge in [-0.1, -0.05) is 12.1 Å². The van der Waals surface area contributed by atoms with Gasteiger partial charge in [0.25, 0.3) is 0 Å². The number of hydrogen-bond donors (Lipinski definition) is 1. The molecule has 0 amide bonds. The fraction of sp³-hybridized carbons (Fsp3) is 0.176. The number of ketones is 1. The van der Waals surface area contributed by atoms with Gasteiger partial charge in [0.15, 0.2) is 0 Å². The normalized spacial score (nSPS) is 12.8. The van der Waals surface area contributed by atoms with Crippen molar-refractivity contribution >= 4 is 23.1 Å².